The molecule has 5 nitrogen and oxygen atoms in total. The van der Waals surface area contributed by atoms with Crippen molar-refractivity contribution >= 4 is 24.7 Å². The lowest BCUT2D eigenvalue weighted by Crippen LogP contribution is -2.41. The van der Waals surface area contributed by atoms with E-state index in [2.05, 4.69) is 17.8 Å². The van der Waals surface area contributed by atoms with Crippen molar-refractivity contribution in [2.45, 2.75) is 13.8 Å². The van der Waals surface area contributed by atoms with Gasteiger partial charge >= 0.3 is 6.03 Å². The van der Waals surface area contributed by atoms with Crippen LogP contribution in [0.15, 0.2) is 12.1 Å². The highest BCUT2D eigenvalue weighted by Crippen LogP contribution is 2.16. The molecular weight excluding hydrogens is 260 g/mol. The van der Waals surface area contributed by atoms with Crippen LogP contribution in [-0.2, 0) is 0 Å². The Hall–Kier alpha value is -1.27. The summed E-state index contributed by atoms with van der Waals surface area (Å²) in [6.45, 7) is 5.27. The number of hydrogen-bond acceptors (Lipinski definition) is 4. The number of pyridine rings is 1. The summed E-state index contributed by atoms with van der Waals surface area (Å²) in [5.74, 6) is 0.672. The quantitative estimate of drug-likeness (QED) is 0.858. The number of aryl methyl sites for hydroxylation is 2. The number of anilines is 1. The Labute approximate surface area is 120 Å². The third-order valence-electron chi connectivity index (χ3n) is 2.64. The second kappa shape index (κ2) is 6.77. The Kier molecular flexibility index (Phi) is 5.62. The lowest BCUT2D eigenvalue weighted by atomic mass is 10.2. The maximum Gasteiger partial charge on any atom is 0.335 e. The van der Waals surface area contributed by atoms with E-state index >= 15 is 0 Å². The molecule has 0 N–H and O–H groups in total. The monoisotopic (exact) mass is 282 g/mol. The van der Waals surface area contributed by atoms with E-state index in [4.69, 9.17) is 0 Å². The molecule has 0 aliphatic carbocycles. The topological polar surface area (TPSA) is 39.7 Å². The molecule has 0 fully saturated rings. The van der Waals surface area contributed by atoms with Gasteiger partial charge in [-0.2, -0.15) is 0 Å². The average Bonchev–Trinajstić information content (AvgIpc) is 2.27. The summed E-state index contributed by atoms with van der Waals surface area (Å²) in [7, 11) is 5.57. The normalized spacial score (nSPS) is 10.7. The van der Waals surface area contributed by atoms with Crippen LogP contribution in [0.2, 0.25) is 0 Å². The fourth-order valence-electron chi connectivity index (χ4n) is 1.74. The van der Waals surface area contributed by atoms with E-state index in [0.29, 0.717) is 12.4 Å². The van der Waals surface area contributed by atoms with Gasteiger partial charge < -0.3 is 4.90 Å². The molecule has 1 aromatic heterocycles. The van der Waals surface area contributed by atoms with Gasteiger partial charge in [0.1, 0.15) is 5.82 Å². The van der Waals surface area contributed by atoms with Crippen molar-refractivity contribution in [1.29, 1.82) is 0 Å². The number of likely N-dealkylation sites (N-methyl/N-ethyl adjacent to an activating group) is 1. The average molecular weight is 282 g/mol. The first-order valence-corrected chi connectivity index (χ1v) is 6.55. The summed E-state index contributed by atoms with van der Waals surface area (Å²) in [5, 5.41) is 0. The van der Waals surface area contributed by atoms with Crippen LogP contribution in [0.5, 0.6) is 0 Å². The summed E-state index contributed by atoms with van der Waals surface area (Å²) in [6, 6.07) is 3.73. The minimum atomic E-state index is -0.178. The Morgan fingerprint density at radius 3 is 2.32 bits per heavy atom. The first kappa shape index (κ1) is 15.8. The van der Waals surface area contributed by atoms with E-state index in [0.717, 1.165) is 17.8 Å². The Balaban J connectivity index is 3.03. The molecule has 0 unspecified atom stereocenters. The first-order valence-electron chi connectivity index (χ1n) is 6.15. The van der Waals surface area contributed by atoms with Crippen LogP contribution in [-0.4, -0.2) is 54.5 Å². The molecule has 1 rings (SSSR count). The van der Waals surface area contributed by atoms with Crippen LogP contribution >= 0.6 is 12.8 Å². The highest BCUT2D eigenvalue weighted by atomic mass is 32.1. The van der Waals surface area contributed by atoms with Crippen molar-refractivity contribution in [3.63, 3.8) is 0 Å². The second-order valence-corrected chi connectivity index (χ2v) is 5.51. The van der Waals surface area contributed by atoms with E-state index in [1.165, 1.54) is 4.31 Å². The molecule has 106 valence electrons. The summed E-state index contributed by atoms with van der Waals surface area (Å²) < 4.78 is 1.27. The van der Waals surface area contributed by atoms with Gasteiger partial charge in [-0.1, -0.05) is 12.8 Å². The Morgan fingerprint density at radius 1 is 1.21 bits per heavy atom. The summed E-state index contributed by atoms with van der Waals surface area (Å²) in [4.78, 5) is 20.3. The molecule has 6 heteroatoms. The lowest BCUT2D eigenvalue weighted by Gasteiger charge is -2.26. The van der Waals surface area contributed by atoms with E-state index in [1.807, 2.05) is 45.0 Å². The molecule has 0 radical (unpaired) electrons. The minimum Gasteiger partial charge on any atom is -0.308 e. The molecule has 2 amide bonds. The van der Waals surface area contributed by atoms with Crippen LogP contribution in [0.25, 0.3) is 0 Å². The van der Waals surface area contributed by atoms with E-state index in [9.17, 15) is 4.79 Å². The number of carbonyl (C=O) groups is 1. The third-order valence-corrected chi connectivity index (χ3v) is 2.81. The van der Waals surface area contributed by atoms with E-state index in [1.54, 1.807) is 11.9 Å². The van der Waals surface area contributed by atoms with Crippen LogP contribution in [0.4, 0.5) is 10.6 Å². The zero-order valence-electron chi connectivity index (χ0n) is 12.2. The van der Waals surface area contributed by atoms with Crippen LogP contribution in [0.1, 0.15) is 11.3 Å². The summed E-state index contributed by atoms with van der Waals surface area (Å²) >= 11 is 4.08. The van der Waals surface area contributed by atoms with Crippen LogP contribution < -0.4 is 4.90 Å². The molecule has 1 heterocycles. The Morgan fingerprint density at radius 2 is 1.84 bits per heavy atom. The standard InChI is InChI=1S/C13H22N4OS/c1-10-8-11(2)14-12(9-10)17(7-6-15(3)4)13(18)16(5)19/h8-9,19H,6-7H2,1-5H3. The summed E-state index contributed by atoms with van der Waals surface area (Å²) in [5.41, 5.74) is 1.99. The smallest absolute Gasteiger partial charge is 0.308 e. The lowest BCUT2D eigenvalue weighted by molar-refractivity contribution is 0.236. The molecule has 0 aliphatic rings. The van der Waals surface area contributed by atoms with Crippen LogP contribution in [0, 0.1) is 13.8 Å². The molecule has 0 aliphatic heterocycles. The fraction of sp³-hybridized carbons (Fsp3) is 0.538. The van der Waals surface area contributed by atoms with Gasteiger partial charge in [-0.15, -0.1) is 0 Å². The molecule has 19 heavy (non-hydrogen) atoms. The second-order valence-electron chi connectivity index (χ2n) is 4.91. The first-order chi connectivity index (χ1) is 8.81. The van der Waals surface area contributed by atoms with Gasteiger partial charge in [-0.05, 0) is 45.6 Å². The summed E-state index contributed by atoms with van der Waals surface area (Å²) in [6.07, 6.45) is 0. The number of urea groups is 1. The predicted molar refractivity (Wildman–Crippen MR) is 81.8 cm³/mol. The van der Waals surface area contributed by atoms with Gasteiger partial charge in [-0.25, -0.2) is 9.78 Å². The van der Waals surface area contributed by atoms with Gasteiger partial charge in [0.05, 0.1) is 0 Å². The molecule has 0 atom stereocenters. The van der Waals surface area contributed by atoms with E-state index in [-0.39, 0.29) is 6.03 Å². The van der Waals surface area contributed by atoms with Crippen molar-refractivity contribution in [2.24, 2.45) is 0 Å². The molecule has 0 bridgehead atoms. The highest BCUT2D eigenvalue weighted by molar-refractivity contribution is 7.78. The maximum absolute atomic E-state index is 12.2. The van der Waals surface area contributed by atoms with Gasteiger partial charge in [0.15, 0.2) is 0 Å². The predicted octanol–water partition coefficient (Wildman–Crippen LogP) is 1.96. The molecular formula is C13H22N4OS. The maximum atomic E-state index is 12.2. The van der Waals surface area contributed by atoms with Gasteiger partial charge in [0.2, 0.25) is 0 Å². The number of rotatable bonds is 4. The van der Waals surface area contributed by atoms with Crippen molar-refractivity contribution in [2.75, 3.05) is 39.1 Å². The number of aromatic nitrogens is 1. The molecule has 1 aromatic rings. The van der Waals surface area contributed by atoms with Crippen LogP contribution in [0.3, 0.4) is 0 Å². The van der Waals surface area contributed by atoms with Crippen molar-refractivity contribution in [1.82, 2.24) is 14.2 Å². The Bertz CT molecular complexity index is 428. The minimum absolute atomic E-state index is 0.178. The number of nitrogens with zero attached hydrogens (tertiary/aromatic N) is 4. The van der Waals surface area contributed by atoms with Crippen molar-refractivity contribution in [3.8, 4) is 0 Å². The zero-order valence-corrected chi connectivity index (χ0v) is 13.1. The van der Waals surface area contributed by atoms with Gasteiger partial charge in [-0.3, -0.25) is 9.21 Å². The fourth-order valence-corrected chi connectivity index (χ4v) is 1.85. The number of hydrogen-bond donors (Lipinski definition) is 1. The highest BCUT2D eigenvalue weighted by Gasteiger charge is 2.19. The number of thiol groups is 1. The molecule has 0 saturated carbocycles. The van der Waals surface area contributed by atoms with E-state index < -0.39 is 0 Å². The largest absolute Gasteiger partial charge is 0.335 e. The van der Waals surface area contributed by atoms with Gasteiger partial charge in [0.25, 0.3) is 0 Å². The van der Waals surface area contributed by atoms with Gasteiger partial charge in [0, 0.05) is 25.8 Å². The number of amides is 2. The molecule has 0 spiro atoms. The SMILES string of the molecule is Cc1cc(C)nc(N(CCN(C)C)C(=O)N(C)S)c1. The third kappa shape index (κ3) is 4.72. The molecule has 0 saturated heterocycles. The zero-order chi connectivity index (χ0) is 14.6. The van der Waals surface area contributed by atoms with Crippen molar-refractivity contribution in [3.05, 3.63) is 23.4 Å². The number of carbonyl (C=O) groups excluding carboxylic acids is 1. The van der Waals surface area contributed by atoms with Crippen molar-refractivity contribution < 1.29 is 4.79 Å². The molecule has 0 aromatic carbocycles.